The van der Waals surface area contributed by atoms with Crippen LogP contribution in [0.25, 0.3) is 0 Å². The molecule has 0 rings (SSSR count). The van der Waals surface area contributed by atoms with Gasteiger partial charge in [0.2, 0.25) is 0 Å². The molecule has 0 atom stereocenters. The van der Waals surface area contributed by atoms with Crippen molar-refractivity contribution < 1.29 is 4.74 Å². The molecular weight excluding hydrogens is 150 g/mol. The zero-order valence-corrected chi connectivity index (χ0v) is 8.92. The van der Waals surface area contributed by atoms with Crippen LogP contribution in [0.1, 0.15) is 40.5 Å². The summed E-state index contributed by atoms with van der Waals surface area (Å²) in [5, 5.41) is 0. The van der Waals surface area contributed by atoms with Crippen LogP contribution in [0.3, 0.4) is 0 Å². The van der Waals surface area contributed by atoms with E-state index in [1.54, 1.807) is 7.05 Å². The average molecular weight is 171 g/mol. The van der Waals surface area contributed by atoms with Gasteiger partial charge in [-0.2, -0.15) is 0 Å². The molecule has 0 bridgehead atoms. The summed E-state index contributed by atoms with van der Waals surface area (Å²) in [5.74, 6) is 0. The molecule has 2 nitrogen and oxygen atoms in total. The van der Waals surface area contributed by atoms with Gasteiger partial charge in [-0.3, -0.25) is 4.99 Å². The van der Waals surface area contributed by atoms with Crippen molar-refractivity contribution in [1.82, 2.24) is 0 Å². The van der Waals surface area contributed by atoms with Crippen LogP contribution in [-0.4, -0.2) is 25.0 Å². The fourth-order valence-electron chi connectivity index (χ4n) is 1.33. The van der Waals surface area contributed by atoms with E-state index in [1.165, 1.54) is 0 Å². The molecule has 0 aromatic heterocycles. The van der Waals surface area contributed by atoms with Gasteiger partial charge in [-0.25, -0.2) is 0 Å². The lowest BCUT2D eigenvalue weighted by atomic mass is 9.98. The molecule has 0 aliphatic heterocycles. The molecule has 0 aromatic rings. The Morgan fingerprint density at radius 1 is 1.33 bits per heavy atom. The SMILES string of the molecule is CCC(C=NC)(CC)OC(C)C. The summed E-state index contributed by atoms with van der Waals surface area (Å²) >= 11 is 0. The molecule has 0 heterocycles. The van der Waals surface area contributed by atoms with Crippen molar-refractivity contribution in [1.29, 1.82) is 0 Å². The summed E-state index contributed by atoms with van der Waals surface area (Å²) in [6.45, 7) is 8.38. The van der Waals surface area contributed by atoms with E-state index in [-0.39, 0.29) is 11.7 Å². The smallest absolute Gasteiger partial charge is 0.102 e. The van der Waals surface area contributed by atoms with E-state index in [4.69, 9.17) is 4.74 Å². The molecule has 0 unspecified atom stereocenters. The summed E-state index contributed by atoms with van der Waals surface area (Å²) in [5.41, 5.74) is -0.136. The van der Waals surface area contributed by atoms with E-state index in [0.717, 1.165) is 12.8 Å². The number of hydrogen-bond donors (Lipinski definition) is 0. The molecule has 0 spiro atoms. The Balaban J connectivity index is 4.35. The quantitative estimate of drug-likeness (QED) is 0.583. The summed E-state index contributed by atoms with van der Waals surface area (Å²) < 4.78 is 5.83. The summed E-state index contributed by atoms with van der Waals surface area (Å²) in [6, 6.07) is 0. The van der Waals surface area contributed by atoms with Gasteiger partial charge in [-0.1, -0.05) is 13.8 Å². The van der Waals surface area contributed by atoms with E-state index in [2.05, 4.69) is 32.7 Å². The largest absolute Gasteiger partial charge is 0.367 e. The Kier molecular flexibility index (Phi) is 5.14. The van der Waals surface area contributed by atoms with E-state index >= 15 is 0 Å². The Hall–Kier alpha value is -0.370. The molecule has 0 N–H and O–H groups in total. The first-order chi connectivity index (χ1) is 5.60. The molecule has 0 radical (unpaired) electrons. The predicted molar refractivity (Wildman–Crippen MR) is 54.0 cm³/mol. The Labute approximate surface area is 76.0 Å². The molecule has 72 valence electrons. The molecule has 0 fully saturated rings. The first kappa shape index (κ1) is 11.6. The second kappa shape index (κ2) is 5.31. The van der Waals surface area contributed by atoms with Gasteiger partial charge in [0.15, 0.2) is 0 Å². The molecule has 0 aliphatic carbocycles. The van der Waals surface area contributed by atoms with Crippen LogP contribution < -0.4 is 0 Å². The standard InChI is InChI=1S/C10H21NO/c1-6-10(7-2,8-11-5)12-9(3)4/h8-9H,6-7H2,1-5H3. The average Bonchev–Trinajstić information content (AvgIpc) is 2.03. The molecule has 2 heteroatoms. The van der Waals surface area contributed by atoms with Crippen molar-refractivity contribution in [3.8, 4) is 0 Å². The number of aliphatic imine (C=N–C) groups is 1. The third-order valence-electron chi connectivity index (χ3n) is 2.03. The first-order valence-electron chi connectivity index (χ1n) is 4.71. The highest BCUT2D eigenvalue weighted by molar-refractivity contribution is 5.68. The molecule has 12 heavy (non-hydrogen) atoms. The summed E-state index contributed by atoms with van der Waals surface area (Å²) in [6.07, 6.45) is 4.16. The normalized spacial score (nSPS) is 13.2. The Morgan fingerprint density at radius 2 is 1.83 bits per heavy atom. The van der Waals surface area contributed by atoms with Crippen LogP contribution >= 0.6 is 0 Å². The fraction of sp³-hybridized carbons (Fsp3) is 0.900. The van der Waals surface area contributed by atoms with Crippen molar-refractivity contribution in [2.24, 2.45) is 4.99 Å². The van der Waals surface area contributed by atoms with Gasteiger partial charge in [0.25, 0.3) is 0 Å². The highest BCUT2D eigenvalue weighted by Gasteiger charge is 2.25. The summed E-state index contributed by atoms with van der Waals surface area (Å²) in [7, 11) is 1.80. The zero-order valence-electron chi connectivity index (χ0n) is 8.92. The lowest BCUT2D eigenvalue weighted by Gasteiger charge is -2.29. The molecule has 0 aromatic carbocycles. The minimum absolute atomic E-state index is 0.136. The minimum Gasteiger partial charge on any atom is -0.367 e. The van der Waals surface area contributed by atoms with Crippen molar-refractivity contribution in [3.05, 3.63) is 0 Å². The lowest BCUT2D eigenvalue weighted by molar-refractivity contribution is -0.0343. The highest BCUT2D eigenvalue weighted by atomic mass is 16.5. The van der Waals surface area contributed by atoms with E-state index in [0.29, 0.717) is 0 Å². The van der Waals surface area contributed by atoms with Gasteiger partial charge in [0, 0.05) is 13.3 Å². The Bertz CT molecular complexity index is 137. The second-order valence-corrected chi connectivity index (χ2v) is 3.33. The van der Waals surface area contributed by atoms with Crippen LogP contribution in [-0.2, 0) is 4.74 Å². The van der Waals surface area contributed by atoms with Crippen LogP contribution in [0.4, 0.5) is 0 Å². The van der Waals surface area contributed by atoms with Crippen LogP contribution in [0, 0.1) is 0 Å². The van der Waals surface area contributed by atoms with E-state index in [9.17, 15) is 0 Å². The summed E-state index contributed by atoms with van der Waals surface area (Å²) in [4.78, 5) is 4.05. The molecule has 0 saturated heterocycles. The van der Waals surface area contributed by atoms with Crippen molar-refractivity contribution in [2.75, 3.05) is 7.05 Å². The first-order valence-corrected chi connectivity index (χ1v) is 4.71. The fourth-order valence-corrected chi connectivity index (χ4v) is 1.33. The maximum Gasteiger partial charge on any atom is 0.102 e. The lowest BCUT2D eigenvalue weighted by Crippen LogP contribution is -2.35. The molecule has 0 amide bonds. The highest BCUT2D eigenvalue weighted by Crippen LogP contribution is 2.19. The third-order valence-corrected chi connectivity index (χ3v) is 2.03. The van der Waals surface area contributed by atoms with Gasteiger partial charge < -0.3 is 4.74 Å². The van der Waals surface area contributed by atoms with E-state index in [1.807, 2.05) is 6.21 Å². The topological polar surface area (TPSA) is 21.6 Å². The minimum atomic E-state index is -0.136. The van der Waals surface area contributed by atoms with Crippen LogP contribution in [0.2, 0.25) is 0 Å². The molecule has 0 aliphatic rings. The predicted octanol–water partition coefficient (Wildman–Crippen LogP) is 2.67. The van der Waals surface area contributed by atoms with Crippen molar-refractivity contribution in [2.45, 2.75) is 52.2 Å². The monoisotopic (exact) mass is 171 g/mol. The van der Waals surface area contributed by atoms with Gasteiger partial charge in [-0.05, 0) is 26.7 Å². The number of hydrogen-bond acceptors (Lipinski definition) is 2. The Morgan fingerprint density at radius 3 is 2.08 bits per heavy atom. The maximum atomic E-state index is 5.83. The number of nitrogens with zero attached hydrogens (tertiary/aromatic N) is 1. The van der Waals surface area contributed by atoms with Crippen LogP contribution in [0.5, 0.6) is 0 Å². The second-order valence-electron chi connectivity index (χ2n) is 3.33. The third kappa shape index (κ3) is 3.35. The zero-order chi connectivity index (χ0) is 9.61. The number of rotatable bonds is 5. The van der Waals surface area contributed by atoms with Crippen LogP contribution in [0.15, 0.2) is 4.99 Å². The maximum absolute atomic E-state index is 5.83. The molecule has 0 saturated carbocycles. The molecular formula is C10H21NO. The number of ether oxygens (including phenoxy) is 1. The van der Waals surface area contributed by atoms with Crippen molar-refractivity contribution >= 4 is 6.21 Å². The van der Waals surface area contributed by atoms with Gasteiger partial charge in [-0.15, -0.1) is 0 Å². The van der Waals surface area contributed by atoms with Gasteiger partial charge >= 0.3 is 0 Å². The van der Waals surface area contributed by atoms with E-state index < -0.39 is 0 Å². The van der Waals surface area contributed by atoms with Gasteiger partial charge in [0.1, 0.15) is 5.60 Å². The van der Waals surface area contributed by atoms with Crippen molar-refractivity contribution in [3.63, 3.8) is 0 Å². The van der Waals surface area contributed by atoms with Gasteiger partial charge in [0.05, 0.1) is 6.10 Å².